The maximum Gasteiger partial charge on any atom is 0.0991 e. The number of nitrogens with one attached hydrogen (secondary N) is 1. The predicted octanol–water partition coefficient (Wildman–Crippen LogP) is 2.79. The molecule has 1 N–H and O–H groups in total. The minimum Gasteiger partial charge on any atom is -0.302 e. The van der Waals surface area contributed by atoms with Gasteiger partial charge in [0.1, 0.15) is 0 Å². The Morgan fingerprint density at radius 1 is 1.32 bits per heavy atom. The number of nitriles is 1. The van der Waals surface area contributed by atoms with Gasteiger partial charge in [-0.15, -0.1) is 0 Å². The van der Waals surface area contributed by atoms with Gasteiger partial charge in [-0.05, 0) is 37.7 Å². The largest absolute Gasteiger partial charge is 0.302 e. The smallest absolute Gasteiger partial charge is 0.0991 e. The summed E-state index contributed by atoms with van der Waals surface area (Å²) in [6.07, 6.45) is 3.01. The van der Waals surface area contributed by atoms with Gasteiger partial charge < -0.3 is 4.90 Å². The molecule has 0 unspecified atom stereocenters. The zero-order chi connectivity index (χ0) is 13.7. The molecule has 1 aromatic carbocycles. The first-order valence-corrected chi connectivity index (χ1v) is 6.46. The molecular weight excluding hydrogens is 236 g/mol. The van der Waals surface area contributed by atoms with E-state index >= 15 is 0 Å². The molecule has 1 aromatic heterocycles. The molecule has 19 heavy (non-hydrogen) atoms. The lowest BCUT2D eigenvalue weighted by atomic mass is 10.1. The number of benzene rings is 1. The van der Waals surface area contributed by atoms with Crippen molar-refractivity contribution in [1.29, 1.82) is 5.26 Å². The second-order valence-corrected chi connectivity index (χ2v) is 4.70. The summed E-state index contributed by atoms with van der Waals surface area (Å²) in [6, 6.07) is 9.69. The van der Waals surface area contributed by atoms with Crippen molar-refractivity contribution in [3.05, 3.63) is 41.6 Å². The van der Waals surface area contributed by atoms with Crippen LogP contribution in [0.25, 0.3) is 11.3 Å². The van der Waals surface area contributed by atoms with E-state index in [1.165, 1.54) is 5.56 Å². The number of rotatable bonds is 5. The SMILES string of the molecule is CCCN(C)Cc1cn[nH]c1-c1ccc(C#N)cc1. The molecule has 0 atom stereocenters. The van der Waals surface area contributed by atoms with E-state index in [1.54, 1.807) is 0 Å². The zero-order valence-electron chi connectivity index (χ0n) is 11.3. The topological polar surface area (TPSA) is 55.7 Å². The third-order valence-electron chi connectivity index (χ3n) is 3.07. The fourth-order valence-corrected chi connectivity index (χ4v) is 2.14. The Bertz CT molecular complexity index is 563. The molecule has 0 aliphatic carbocycles. The van der Waals surface area contributed by atoms with Gasteiger partial charge in [-0.2, -0.15) is 10.4 Å². The van der Waals surface area contributed by atoms with Gasteiger partial charge >= 0.3 is 0 Å². The first kappa shape index (κ1) is 13.3. The van der Waals surface area contributed by atoms with Gasteiger partial charge in [0.15, 0.2) is 0 Å². The van der Waals surface area contributed by atoms with Gasteiger partial charge in [0.25, 0.3) is 0 Å². The molecule has 2 aromatic rings. The van der Waals surface area contributed by atoms with Crippen LogP contribution in [0, 0.1) is 11.3 Å². The van der Waals surface area contributed by atoms with E-state index in [2.05, 4.69) is 35.1 Å². The van der Waals surface area contributed by atoms with Crippen LogP contribution in [0.1, 0.15) is 24.5 Å². The van der Waals surface area contributed by atoms with Crippen LogP contribution in [-0.2, 0) is 6.54 Å². The molecule has 4 heteroatoms. The Kier molecular flexibility index (Phi) is 4.32. The maximum absolute atomic E-state index is 8.81. The fraction of sp³-hybridized carbons (Fsp3) is 0.333. The average molecular weight is 254 g/mol. The van der Waals surface area contributed by atoms with Gasteiger partial charge in [-0.25, -0.2) is 0 Å². The summed E-state index contributed by atoms with van der Waals surface area (Å²) in [7, 11) is 2.11. The van der Waals surface area contributed by atoms with Crippen LogP contribution in [0.2, 0.25) is 0 Å². The lowest BCUT2D eigenvalue weighted by molar-refractivity contribution is 0.328. The molecule has 0 radical (unpaired) electrons. The van der Waals surface area contributed by atoms with Gasteiger partial charge in [0.05, 0.1) is 23.5 Å². The van der Waals surface area contributed by atoms with Gasteiger partial charge in [0.2, 0.25) is 0 Å². The van der Waals surface area contributed by atoms with Gasteiger partial charge in [0, 0.05) is 12.1 Å². The summed E-state index contributed by atoms with van der Waals surface area (Å²) >= 11 is 0. The molecule has 2 rings (SSSR count). The Morgan fingerprint density at radius 3 is 2.68 bits per heavy atom. The lowest BCUT2D eigenvalue weighted by Crippen LogP contribution is -2.18. The molecule has 4 nitrogen and oxygen atoms in total. The summed E-state index contributed by atoms with van der Waals surface area (Å²) in [4.78, 5) is 2.28. The Balaban J connectivity index is 2.21. The van der Waals surface area contributed by atoms with Crippen LogP contribution >= 0.6 is 0 Å². The Labute approximate surface area is 113 Å². The Hall–Kier alpha value is -2.12. The van der Waals surface area contributed by atoms with Crippen molar-refractivity contribution >= 4 is 0 Å². The zero-order valence-corrected chi connectivity index (χ0v) is 11.3. The Morgan fingerprint density at radius 2 is 2.05 bits per heavy atom. The number of nitrogens with zero attached hydrogens (tertiary/aromatic N) is 3. The molecule has 0 saturated heterocycles. The number of hydrogen-bond acceptors (Lipinski definition) is 3. The first-order chi connectivity index (χ1) is 9.24. The van der Waals surface area contributed by atoms with Crippen molar-refractivity contribution in [1.82, 2.24) is 15.1 Å². The second kappa shape index (κ2) is 6.17. The second-order valence-electron chi connectivity index (χ2n) is 4.70. The predicted molar refractivity (Wildman–Crippen MR) is 75.4 cm³/mol. The molecule has 0 spiro atoms. The summed E-state index contributed by atoms with van der Waals surface area (Å²) in [5.74, 6) is 0. The number of hydrogen-bond donors (Lipinski definition) is 1. The molecule has 0 saturated carbocycles. The molecular formula is C15H18N4. The maximum atomic E-state index is 8.81. The lowest BCUT2D eigenvalue weighted by Gasteiger charge is -2.15. The molecule has 98 valence electrons. The van der Waals surface area contributed by atoms with Gasteiger partial charge in [-0.1, -0.05) is 19.1 Å². The monoisotopic (exact) mass is 254 g/mol. The highest BCUT2D eigenvalue weighted by atomic mass is 15.1. The van der Waals surface area contributed by atoms with E-state index in [0.29, 0.717) is 5.56 Å². The van der Waals surface area contributed by atoms with Crippen molar-refractivity contribution < 1.29 is 0 Å². The van der Waals surface area contributed by atoms with Crippen LogP contribution in [0.5, 0.6) is 0 Å². The van der Waals surface area contributed by atoms with E-state index in [1.807, 2.05) is 30.5 Å². The highest BCUT2D eigenvalue weighted by Gasteiger charge is 2.09. The van der Waals surface area contributed by atoms with Crippen LogP contribution in [0.15, 0.2) is 30.5 Å². The minimum atomic E-state index is 0.674. The quantitative estimate of drug-likeness (QED) is 0.892. The number of aromatic nitrogens is 2. The molecule has 0 amide bonds. The summed E-state index contributed by atoms with van der Waals surface area (Å²) < 4.78 is 0. The normalized spacial score (nSPS) is 10.6. The van der Waals surface area contributed by atoms with E-state index in [-0.39, 0.29) is 0 Å². The van der Waals surface area contributed by atoms with Crippen molar-refractivity contribution in [2.45, 2.75) is 19.9 Å². The molecule has 0 fully saturated rings. The van der Waals surface area contributed by atoms with Gasteiger partial charge in [-0.3, -0.25) is 5.10 Å². The van der Waals surface area contributed by atoms with Crippen molar-refractivity contribution in [2.75, 3.05) is 13.6 Å². The fourth-order valence-electron chi connectivity index (χ4n) is 2.14. The minimum absolute atomic E-state index is 0.674. The van der Waals surface area contributed by atoms with Crippen molar-refractivity contribution in [2.24, 2.45) is 0 Å². The molecule has 1 heterocycles. The van der Waals surface area contributed by atoms with Crippen LogP contribution in [-0.4, -0.2) is 28.7 Å². The summed E-state index contributed by atoms with van der Waals surface area (Å²) in [5, 5.41) is 16.0. The number of H-pyrrole nitrogens is 1. The highest BCUT2D eigenvalue weighted by molar-refractivity contribution is 5.63. The highest BCUT2D eigenvalue weighted by Crippen LogP contribution is 2.22. The standard InChI is InChI=1S/C15H18N4/c1-3-8-19(2)11-14-10-17-18-15(14)13-6-4-12(9-16)5-7-13/h4-7,10H,3,8,11H2,1-2H3,(H,17,18). The molecule has 0 aliphatic heterocycles. The first-order valence-electron chi connectivity index (χ1n) is 6.46. The third-order valence-corrected chi connectivity index (χ3v) is 3.07. The average Bonchev–Trinajstić information content (AvgIpc) is 2.87. The van der Waals surface area contributed by atoms with Crippen molar-refractivity contribution in [3.63, 3.8) is 0 Å². The van der Waals surface area contributed by atoms with Crippen molar-refractivity contribution in [3.8, 4) is 17.3 Å². The summed E-state index contributed by atoms with van der Waals surface area (Å²) in [6.45, 7) is 4.12. The number of aromatic amines is 1. The van der Waals surface area contributed by atoms with Crippen LogP contribution in [0.4, 0.5) is 0 Å². The summed E-state index contributed by atoms with van der Waals surface area (Å²) in [5.41, 5.74) is 3.96. The van der Waals surface area contributed by atoms with Crippen LogP contribution < -0.4 is 0 Å². The van der Waals surface area contributed by atoms with Crippen LogP contribution in [0.3, 0.4) is 0 Å². The molecule has 0 bridgehead atoms. The third kappa shape index (κ3) is 3.21. The van der Waals surface area contributed by atoms with E-state index < -0.39 is 0 Å². The molecule has 0 aliphatic rings. The van der Waals surface area contributed by atoms with E-state index in [0.717, 1.165) is 30.8 Å². The van der Waals surface area contributed by atoms with E-state index in [4.69, 9.17) is 5.26 Å². The van der Waals surface area contributed by atoms with E-state index in [9.17, 15) is 0 Å².